The third-order valence-electron chi connectivity index (χ3n) is 7.01. The van der Waals surface area contributed by atoms with E-state index in [1.54, 1.807) is 30.3 Å². The van der Waals surface area contributed by atoms with Gasteiger partial charge in [0, 0.05) is 23.6 Å². The summed E-state index contributed by atoms with van der Waals surface area (Å²) >= 11 is 0. The van der Waals surface area contributed by atoms with Crippen molar-refractivity contribution in [2.75, 3.05) is 10.6 Å². The van der Waals surface area contributed by atoms with E-state index in [9.17, 15) is 13.2 Å². The van der Waals surface area contributed by atoms with Gasteiger partial charge in [0.25, 0.3) is 0 Å². The van der Waals surface area contributed by atoms with Gasteiger partial charge in [0.15, 0.2) is 0 Å². The van der Waals surface area contributed by atoms with Crippen LogP contribution in [0, 0.1) is 0 Å². The van der Waals surface area contributed by atoms with Gasteiger partial charge in [-0.3, -0.25) is 0 Å². The summed E-state index contributed by atoms with van der Waals surface area (Å²) in [7, 11) is 0. The summed E-state index contributed by atoms with van der Waals surface area (Å²) in [6.45, 7) is 0. The molecule has 0 atom stereocenters. The Balaban J connectivity index is 1.29. The topological polar surface area (TPSA) is 68.3 Å². The molecule has 0 radical (unpaired) electrons. The van der Waals surface area contributed by atoms with Crippen LogP contribution in [-0.4, -0.2) is 22.2 Å². The number of ether oxygens (including phenoxy) is 2. The van der Waals surface area contributed by atoms with E-state index in [0.717, 1.165) is 50.5 Å². The SMILES string of the molecule is FC(F)(F)c1cnc(Nc2ccc(OC3CCCCC3)cc2)nc1Nc1cccc(OC2CCCCC2)c1. The Kier molecular flexibility index (Phi) is 8.20. The van der Waals surface area contributed by atoms with Gasteiger partial charge in [0.1, 0.15) is 22.9 Å². The molecule has 6 nitrogen and oxygen atoms in total. The van der Waals surface area contributed by atoms with E-state index in [1.165, 1.54) is 25.7 Å². The van der Waals surface area contributed by atoms with E-state index in [1.807, 2.05) is 18.2 Å². The van der Waals surface area contributed by atoms with Crippen molar-refractivity contribution in [2.45, 2.75) is 82.6 Å². The Morgan fingerprint density at radius 2 is 1.34 bits per heavy atom. The lowest BCUT2D eigenvalue weighted by Gasteiger charge is -2.23. The van der Waals surface area contributed by atoms with Crippen molar-refractivity contribution in [1.29, 1.82) is 0 Å². The fourth-order valence-electron chi connectivity index (χ4n) is 5.03. The van der Waals surface area contributed by atoms with E-state index in [-0.39, 0.29) is 24.0 Å². The molecule has 0 unspecified atom stereocenters. The summed E-state index contributed by atoms with van der Waals surface area (Å²) in [6, 6.07) is 14.3. The number of nitrogens with one attached hydrogen (secondary N) is 2. The number of rotatable bonds is 8. The summed E-state index contributed by atoms with van der Waals surface area (Å²) in [5, 5.41) is 5.82. The van der Waals surface area contributed by atoms with Crippen molar-refractivity contribution in [1.82, 2.24) is 9.97 Å². The van der Waals surface area contributed by atoms with Crippen molar-refractivity contribution >= 4 is 23.1 Å². The third kappa shape index (κ3) is 7.08. The number of benzene rings is 2. The molecule has 3 aromatic rings. The van der Waals surface area contributed by atoms with Gasteiger partial charge in [0.2, 0.25) is 5.95 Å². The number of alkyl halides is 3. The maximum Gasteiger partial charge on any atom is 0.421 e. The maximum atomic E-state index is 13.8. The summed E-state index contributed by atoms with van der Waals surface area (Å²) in [5.41, 5.74) is 0.158. The van der Waals surface area contributed by atoms with Crippen LogP contribution in [0.25, 0.3) is 0 Å². The van der Waals surface area contributed by atoms with Gasteiger partial charge in [-0.1, -0.05) is 18.9 Å². The normalized spacial score (nSPS) is 17.1. The van der Waals surface area contributed by atoms with Crippen LogP contribution >= 0.6 is 0 Å². The van der Waals surface area contributed by atoms with Gasteiger partial charge in [0.05, 0.1) is 12.2 Å². The molecule has 1 heterocycles. The minimum Gasteiger partial charge on any atom is -0.490 e. The molecule has 2 N–H and O–H groups in total. The number of halogens is 3. The molecule has 0 amide bonds. The van der Waals surface area contributed by atoms with Crippen LogP contribution in [-0.2, 0) is 6.18 Å². The van der Waals surface area contributed by atoms with Crippen LogP contribution < -0.4 is 20.1 Å². The van der Waals surface area contributed by atoms with Gasteiger partial charge in [-0.05, 0) is 87.8 Å². The second-order valence-corrected chi connectivity index (χ2v) is 10.0. The van der Waals surface area contributed by atoms with E-state index in [0.29, 0.717) is 17.1 Å². The van der Waals surface area contributed by atoms with Crippen LogP contribution in [0.15, 0.2) is 54.7 Å². The highest BCUT2D eigenvalue weighted by atomic mass is 19.4. The van der Waals surface area contributed by atoms with Gasteiger partial charge in [-0.25, -0.2) is 4.98 Å². The molecular formula is C29H33F3N4O2. The zero-order valence-corrected chi connectivity index (χ0v) is 21.3. The van der Waals surface area contributed by atoms with Gasteiger partial charge in [-0.15, -0.1) is 0 Å². The summed E-state index contributed by atoms with van der Waals surface area (Å²) < 4.78 is 53.4. The van der Waals surface area contributed by atoms with Crippen molar-refractivity contribution in [3.8, 4) is 11.5 Å². The molecule has 2 aliphatic carbocycles. The quantitative estimate of drug-likeness (QED) is 0.307. The molecule has 2 saturated carbocycles. The Labute approximate surface area is 221 Å². The Hall–Kier alpha value is -3.49. The zero-order chi connectivity index (χ0) is 26.4. The fraction of sp³-hybridized carbons (Fsp3) is 0.448. The average Bonchev–Trinajstić information content (AvgIpc) is 2.91. The molecular weight excluding hydrogens is 493 g/mol. The summed E-state index contributed by atoms with van der Waals surface area (Å²) in [5.74, 6) is 1.12. The Morgan fingerprint density at radius 3 is 1.97 bits per heavy atom. The minimum atomic E-state index is -4.62. The number of anilines is 4. The highest BCUT2D eigenvalue weighted by molar-refractivity contribution is 5.64. The van der Waals surface area contributed by atoms with Crippen LogP contribution in [0.2, 0.25) is 0 Å². The second kappa shape index (κ2) is 11.9. The fourth-order valence-corrected chi connectivity index (χ4v) is 5.03. The van der Waals surface area contributed by atoms with Crippen LogP contribution in [0.4, 0.5) is 36.3 Å². The minimum absolute atomic E-state index is 0.0519. The van der Waals surface area contributed by atoms with Crippen molar-refractivity contribution in [3.63, 3.8) is 0 Å². The van der Waals surface area contributed by atoms with Gasteiger partial charge < -0.3 is 20.1 Å². The second-order valence-electron chi connectivity index (χ2n) is 10.0. The van der Waals surface area contributed by atoms with Crippen LogP contribution in [0.1, 0.15) is 69.8 Å². The smallest absolute Gasteiger partial charge is 0.421 e. The van der Waals surface area contributed by atoms with Gasteiger partial charge in [-0.2, -0.15) is 18.2 Å². The lowest BCUT2D eigenvalue weighted by molar-refractivity contribution is -0.137. The zero-order valence-electron chi connectivity index (χ0n) is 21.3. The predicted molar refractivity (Wildman–Crippen MR) is 141 cm³/mol. The van der Waals surface area contributed by atoms with E-state index in [4.69, 9.17) is 9.47 Å². The first-order valence-electron chi connectivity index (χ1n) is 13.4. The average molecular weight is 527 g/mol. The van der Waals surface area contributed by atoms with E-state index < -0.39 is 11.7 Å². The number of aromatic nitrogens is 2. The highest BCUT2D eigenvalue weighted by Gasteiger charge is 2.35. The van der Waals surface area contributed by atoms with Crippen LogP contribution in [0.5, 0.6) is 11.5 Å². The molecule has 0 bridgehead atoms. The first kappa shape index (κ1) is 26.1. The van der Waals surface area contributed by atoms with Crippen LogP contribution in [0.3, 0.4) is 0 Å². The largest absolute Gasteiger partial charge is 0.490 e. The monoisotopic (exact) mass is 526 g/mol. The molecule has 2 aliphatic rings. The first-order chi connectivity index (χ1) is 18.4. The summed E-state index contributed by atoms with van der Waals surface area (Å²) in [4.78, 5) is 8.08. The highest BCUT2D eigenvalue weighted by Crippen LogP contribution is 2.36. The molecule has 2 aromatic carbocycles. The number of hydrogen-bond donors (Lipinski definition) is 2. The molecule has 0 aliphatic heterocycles. The molecule has 1 aromatic heterocycles. The standard InChI is InChI=1S/C29H33F3N4O2/c30-29(31,32)26-19-33-28(35-20-14-16-24(17-15-20)37-22-9-3-1-4-10-22)36-27(26)34-21-8-7-13-25(18-21)38-23-11-5-2-6-12-23/h7-8,13-19,22-23H,1-6,9-12H2,(H2,33,34,35,36). The Morgan fingerprint density at radius 1 is 0.711 bits per heavy atom. The van der Waals surface area contributed by atoms with Crippen molar-refractivity contribution in [2.24, 2.45) is 0 Å². The molecule has 0 saturated heterocycles. The molecule has 202 valence electrons. The molecule has 5 rings (SSSR count). The van der Waals surface area contributed by atoms with Gasteiger partial charge >= 0.3 is 6.18 Å². The third-order valence-corrected chi connectivity index (χ3v) is 7.01. The lowest BCUT2D eigenvalue weighted by atomic mass is 9.98. The van der Waals surface area contributed by atoms with E-state index >= 15 is 0 Å². The first-order valence-corrected chi connectivity index (χ1v) is 13.4. The molecule has 38 heavy (non-hydrogen) atoms. The lowest BCUT2D eigenvalue weighted by Crippen LogP contribution is -2.19. The number of hydrogen-bond acceptors (Lipinski definition) is 6. The Bertz CT molecular complexity index is 1190. The summed E-state index contributed by atoms with van der Waals surface area (Å²) in [6.07, 6.45) is 7.75. The maximum absolute atomic E-state index is 13.8. The van der Waals surface area contributed by atoms with Crippen molar-refractivity contribution in [3.05, 3.63) is 60.3 Å². The predicted octanol–water partition coefficient (Wildman–Crippen LogP) is 8.41. The molecule has 9 heteroatoms. The molecule has 2 fully saturated rings. The van der Waals surface area contributed by atoms with E-state index in [2.05, 4.69) is 20.6 Å². The molecule has 0 spiro atoms. The van der Waals surface area contributed by atoms with Crippen molar-refractivity contribution < 1.29 is 22.6 Å². The number of nitrogens with zero attached hydrogens (tertiary/aromatic N) is 2.